The molecule has 31 heavy (non-hydrogen) atoms. The number of anilines is 1. The van der Waals surface area contributed by atoms with Crippen LogP contribution < -0.4 is 10.1 Å². The molecule has 1 aliphatic heterocycles. The number of nitrogens with zero attached hydrogens (tertiary/aromatic N) is 1. The number of hydrogen-bond acceptors (Lipinski definition) is 4. The molecule has 4 rings (SSSR count). The minimum absolute atomic E-state index is 0.193. The van der Waals surface area contributed by atoms with Crippen LogP contribution in [0.15, 0.2) is 83.8 Å². The molecular weight excluding hydrogens is 436 g/mol. The number of carbonyl (C=O) groups is 1. The van der Waals surface area contributed by atoms with Gasteiger partial charge in [-0.15, -0.1) is 0 Å². The number of benzene rings is 3. The van der Waals surface area contributed by atoms with Crippen molar-refractivity contribution >= 4 is 33.2 Å². The largest absolute Gasteiger partial charge is 0.457 e. The lowest BCUT2D eigenvalue weighted by molar-refractivity contribution is -0.119. The molecule has 0 saturated carbocycles. The number of nitrogens with one attached hydrogen (secondary N) is 1. The fourth-order valence-corrected chi connectivity index (χ4v) is 5.29. The Bertz CT molecular complexity index is 1150. The maximum Gasteiger partial charge on any atom is 0.243 e. The molecule has 0 spiro atoms. The van der Waals surface area contributed by atoms with Gasteiger partial charge in [-0.1, -0.05) is 29.8 Å². The summed E-state index contributed by atoms with van der Waals surface area (Å²) >= 11 is 5.87. The SMILES string of the molecule is O=C(Nc1ccc(Oc2ccc(Cl)cc2)cc1)C1CCCN1S(=O)(=O)c1ccccc1. The third kappa shape index (κ3) is 4.90. The summed E-state index contributed by atoms with van der Waals surface area (Å²) in [6.45, 7) is 0.323. The quantitative estimate of drug-likeness (QED) is 0.571. The Morgan fingerprint density at radius 1 is 0.935 bits per heavy atom. The molecule has 6 nitrogen and oxygen atoms in total. The van der Waals surface area contributed by atoms with Crippen molar-refractivity contribution in [3.8, 4) is 11.5 Å². The molecule has 1 N–H and O–H groups in total. The standard InChI is InChI=1S/C23H21ClN2O4S/c24-17-8-12-19(13-9-17)30-20-14-10-18(11-15-20)25-23(27)22-7-4-16-26(22)31(28,29)21-5-2-1-3-6-21/h1-3,5-6,8-15,22H,4,7,16H2,(H,25,27). The summed E-state index contributed by atoms with van der Waals surface area (Å²) < 4.78 is 33.0. The second-order valence-corrected chi connectivity index (χ2v) is 9.48. The lowest BCUT2D eigenvalue weighted by Crippen LogP contribution is -2.43. The topological polar surface area (TPSA) is 75.7 Å². The molecule has 1 unspecified atom stereocenters. The smallest absolute Gasteiger partial charge is 0.243 e. The van der Waals surface area contributed by atoms with Crippen molar-refractivity contribution in [2.45, 2.75) is 23.8 Å². The van der Waals surface area contributed by atoms with Crippen molar-refractivity contribution in [2.75, 3.05) is 11.9 Å². The molecule has 0 bridgehead atoms. The lowest BCUT2D eigenvalue weighted by Gasteiger charge is -2.23. The molecular formula is C23H21ClN2O4S. The van der Waals surface area contributed by atoms with Crippen LogP contribution in [0.1, 0.15) is 12.8 Å². The van der Waals surface area contributed by atoms with Crippen LogP contribution in [0.5, 0.6) is 11.5 Å². The van der Waals surface area contributed by atoms with E-state index >= 15 is 0 Å². The zero-order chi connectivity index (χ0) is 21.8. The van der Waals surface area contributed by atoms with Gasteiger partial charge in [0.15, 0.2) is 0 Å². The molecule has 0 aliphatic carbocycles. The fourth-order valence-electron chi connectivity index (χ4n) is 3.49. The van der Waals surface area contributed by atoms with Crippen LogP contribution >= 0.6 is 11.6 Å². The van der Waals surface area contributed by atoms with Gasteiger partial charge in [0.25, 0.3) is 0 Å². The number of hydrogen-bond donors (Lipinski definition) is 1. The second kappa shape index (κ2) is 9.09. The Hall–Kier alpha value is -2.87. The number of halogens is 1. The van der Waals surface area contributed by atoms with Crippen molar-refractivity contribution in [2.24, 2.45) is 0 Å². The Morgan fingerprint density at radius 2 is 1.55 bits per heavy atom. The highest BCUT2D eigenvalue weighted by atomic mass is 35.5. The minimum atomic E-state index is -3.73. The van der Waals surface area contributed by atoms with Gasteiger partial charge in [0.1, 0.15) is 17.5 Å². The predicted octanol–water partition coefficient (Wildman–Crippen LogP) is 4.92. The molecule has 1 saturated heterocycles. The number of rotatable bonds is 6. The van der Waals surface area contributed by atoms with Crippen molar-refractivity contribution in [1.29, 1.82) is 0 Å². The molecule has 1 amide bonds. The van der Waals surface area contributed by atoms with Crippen LogP contribution in [0.3, 0.4) is 0 Å². The highest BCUT2D eigenvalue weighted by Crippen LogP contribution is 2.28. The molecule has 1 heterocycles. The Kier molecular flexibility index (Phi) is 6.27. The van der Waals surface area contributed by atoms with Crippen LogP contribution in [0.25, 0.3) is 0 Å². The van der Waals surface area contributed by atoms with E-state index in [9.17, 15) is 13.2 Å². The molecule has 3 aromatic rings. The second-order valence-electron chi connectivity index (χ2n) is 7.16. The van der Waals surface area contributed by atoms with Crippen molar-refractivity contribution in [3.63, 3.8) is 0 Å². The van der Waals surface area contributed by atoms with E-state index in [2.05, 4.69) is 5.32 Å². The van der Waals surface area contributed by atoms with Gasteiger partial charge in [-0.2, -0.15) is 4.31 Å². The van der Waals surface area contributed by atoms with Gasteiger partial charge < -0.3 is 10.1 Å². The fraction of sp³-hybridized carbons (Fsp3) is 0.174. The summed E-state index contributed by atoms with van der Waals surface area (Å²) in [6.07, 6.45) is 1.12. The highest BCUT2D eigenvalue weighted by molar-refractivity contribution is 7.89. The van der Waals surface area contributed by atoms with E-state index in [1.807, 2.05) is 0 Å². The first-order chi connectivity index (χ1) is 14.9. The van der Waals surface area contributed by atoms with E-state index in [-0.39, 0.29) is 10.8 Å². The first kappa shape index (κ1) is 21.4. The summed E-state index contributed by atoms with van der Waals surface area (Å²) in [5.41, 5.74) is 0.567. The number of ether oxygens (including phenoxy) is 1. The molecule has 0 radical (unpaired) electrons. The molecule has 8 heteroatoms. The third-order valence-electron chi connectivity index (χ3n) is 5.03. The van der Waals surface area contributed by atoms with Gasteiger partial charge in [0, 0.05) is 17.3 Å². The zero-order valence-electron chi connectivity index (χ0n) is 16.6. The monoisotopic (exact) mass is 456 g/mol. The number of carbonyl (C=O) groups excluding carboxylic acids is 1. The van der Waals surface area contributed by atoms with Gasteiger partial charge in [0.2, 0.25) is 15.9 Å². The highest BCUT2D eigenvalue weighted by Gasteiger charge is 2.39. The van der Waals surface area contributed by atoms with Crippen LogP contribution in [-0.4, -0.2) is 31.2 Å². The maximum atomic E-state index is 13.0. The Balaban J connectivity index is 1.43. The van der Waals surface area contributed by atoms with Crippen LogP contribution in [-0.2, 0) is 14.8 Å². The number of sulfonamides is 1. The van der Waals surface area contributed by atoms with Crippen molar-refractivity contribution in [1.82, 2.24) is 4.31 Å². The third-order valence-corrected chi connectivity index (χ3v) is 7.20. The Morgan fingerprint density at radius 3 is 2.19 bits per heavy atom. The van der Waals surface area contributed by atoms with E-state index in [0.717, 1.165) is 0 Å². The van der Waals surface area contributed by atoms with Gasteiger partial charge in [0.05, 0.1) is 4.90 Å². The summed E-state index contributed by atoms with van der Waals surface area (Å²) in [5, 5.41) is 3.44. The van der Waals surface area contributed by atoms with E-state index in [4.69, 9.17) is 16.3 Å². The summed E-state index contributed by atoms with van der Waals surface area (Å²) in [7, 11) is -3.73. The van der Waals surface area contributed by atoms with Crippen LogP contribution in [0.4, 0.5) is 5.69 Å². The van der Waals surface area contributed by atoms with E-state index in [1.54, 1.807) is 78.9 Å². The molecule has 160 valence electrons. The van der Waals surface area contributed by atoms with Crippen LogP contribution in [0, 0.1) is 0 Å². The van der Waals surface area contributed by atoms with E-state index in [0.29, 0.717) is 41.6 Å². The number of amides is 1. The van der Waals surface area contributed by atoms with Crippen LogP contribution in [0.2, 0.25) is 5.02 Å². The van der Waals surface area contributed by atoms with Gasteiger partial charge in [-0.3, -0.25) is 4.79 Å². The molecule has 1 atom stereocenters. The molecule has 0 aromatic heterocycles. The first-order valence-corrected chi connectivity index (χ1v) is 11.7. The minimum Gasteiger partial charge on any atom is -0.457 e. The summed E-state index contributed by atoms with van der Waals surface area (Å²) in [6, 6.07) is 21.4. The van der Waals surface area contributed by atoms with E-state index < -0.39 is 16.1 Å². The van der Waals surface area contributed by atoms with Gasteiger partial charge in [-0.25, -0.2) is 8.42 Å². The van der Waals surface area contributed by atoms with Crippen molar-refractivity contribution in [3.05, 3.63) is 83.9 Å². The van der Waals surface area contributed by atoms with E-state index in [1.165, 1.54) is 4.31 Å². The normalized spacial score (nSPS) is 16.7. The zero-order valence-corrected chi connectivity index (χ0v) is 18.1. The Labute approximate surface area is 186 Å². The van der Waals surface area contributed by atoms with Gasteiger partial charge >= 0.3 is 0 Å². The van der Waals surface area contributed by atoms with Crippen molar-refractivity contribution < 1.29 is 17.9 Å². The lowest BCUT2D eigenvalue weighted by atomic mass is 10.2. The first-order valence-electron chi connectivity index (χ1n) is 9.85. The molecule has 1 aliphatic rings. The average molecular weight is 457 g/mol. The molecule has 3 aromatic carbocycles. The summed E-state index contributed by atoms with van der Waals surface area (Å²) in [5.74, 6) is 0.909. The maximum absolute atomic E-state index is 13.0. The molecule has 1 fully saturated rings. The summed E-state index contributed by atoms with van der Waals surface area (Å²) in [4.78, 5) is 13.0. The van der Waals surface area contributed by atoms with Gasteiger partial charge in [-0.05, 0) is 73.5 Å². The average Bonchev–Trinajstić information content (AvgIpc) is 3.28. The predicted molar refractivity (Wildman–Crippen MR) is 120 cm³/mol.